The molecule has 1 saturated carbocycles. The van der Waals surface area contributed by atoms with Crippen LogP contribution in [0, 0.1) is 5.92 Å². The number of hydrogen-bond acceptors (Lipinski definition) is 1. The van der Waals surface area contributed by atoms with Gasteiger partial charge in [0.1, 0.15) is 0 Å². The Balaban J connectivity index is -0.000000105. The molecule has 0 spiro atoms. The fourth-order valence-electron chi connectivity index (χ4n) is 0.550. The van der Waals surface area contributed by atoms with Gasteiger partial charge in [-0.1, -0.05) is 0 Å². The fourth-order valence-corrected chi connectivity index (χ4v) is 0.550. The monoisotopic (exact) mass is 399 g/mol. The summed E-state index contributed by atoms with van der Waals surface area (Å²) in [7, 11) is -16.3. The Hall–Kier alpha value is 0.461. The van der Waals surface area contributed by atoms with Crippen LogP contribution in [0.4, 0.5) is 51.8 Å². The molecule has 0 bridgehead atoms. The fraction of sp³-hybridized carbons (Fsp3) is 0.800. The number of hydrogen-bond donors (Lipinski definition) is 1. The van der Waals surface area contributed by atoms with Gasteiger partial charge in [0, 0.05) is 13.0 Å². The molecule has 1 aliphatic rings. The van der Waals surface area contributed by atoms with Gasteiger partial charge >= 0.3 is 73.1 Å². The maximum absolute atomic E-state index is 10.5. The zero-order valence-corrected chi connectivity index (χ0v) is 14.8. The zero-order chi connectivity index (χ0) is 18.8. The quantitative estimate of drug-likeness (QED) is 0.519. The van der Waals surface area contributed by atoms with Crippen LogP contribution in [0.25, 0.3) is 0 Å². The van der Waals surface area contributed by atoms with Crippen molar-refractivity contribution in [3.05, 3.63) is 0 Å². The van der Waals surface area contributed by atoms with E-state index in [0.29, 0.717) is 5.92 Å². The van der Waals surface area contributed by atoms with Gasteiger partial charge in [0.05, 0.1) is 0 Å². The van der Waals surface area contributed by atoms with Gasteiger partial charge in [-0.15, -0.1) is 0 Å². The first-order valence-corrected chi connectivity index (χ1v) is 5.18. The zero-order valence-electron chi connectivity index (χ0n) is 11.7. The van der Waals surface area contributed by atoms with E-state index in [2.05, 4.69) is 5.32 Å². The first kappa shape index (κ1) is 31.3. The molecule has 0 saturated heterocycles. The third-order valence-electron chi connectivity index (χ3n) is 1.19. The molecule has 0 aliphatic heterocycles. The van der Waals surface area contributed by atoms with E-state index in [1.807, 2.05) is 0 Å². The van der Waals surface area contributed by atoms with Gasteiger partial charge in [-0.05, 0) is 12.8 Å². The summed E-state index contributed by atoms with van der Waals surface area (Å²) in [4.78, 5) is 10.5. The largest absolute Gasteiger partial charge is 1.00 e. The third-order valence-corrected chi connectivity index (χ3v) is 1.19. The van der Waals surface area contributed by atoms with Crippen LogP contribution in [0.5, 0.6) is 0 Å². The topological polar surface area (TPSA) is 29.1 Å². The van der Waals surface area contributed by atoms with Crippen LogP contribution >= 0.6 is 0 Å². The Kier molecular flexibility index (Phi) is 18.6. The predicted octanol–water partition coefficient (Wildman–Crippen LogP) is 1.05. The van der Waals surface area contributed by atoms with E-state index in [0.717, 1.165) is 12.8 Å². The summed E-state index contributed by atoms with van der Waals surface area (Å²) in [6.45, 7) is 0. The molecule has 1 aliphatic carbocycles. The van der Waals surface area contributed by atoms with Gasteiger partial charge in [-0.2, -0.15) is 0 Å². The number of carbonyl (C=O) groups excluding carboxylic acids is 1. The molecule has 1 rings (SSSR count). The summed E-state index contributed by atoms with van der Waals surface area (Å²) in [6.07, 6.45) is 2.19. The third kappa shape index (κ3) is 105. The van der Waals surface area contributed by atoms with Crippen molar-refractivity contribution in [3.63, 3.8) is 0 Å². The predicted molar refractivity (Wildman–Crippen MR) is 57.3 cm³/mol. The Bertz CT molecular complexity index is 256. The Morgan fingerprint density at radius 3 is 0.957 bits per heavy atom. The van der Waals surface area contributed by atoms with Crippen LogP contribution in [0.15, 0.2) is 0 Å². The molecule has 0 atom stereocenters. The van der Waals surface area contributed by atoms with E-state index in [-0.39, 0.29) is 57.3 Å². The van der Waals surface area contributed by atoms with Crippen molar-refractivity contribution >= 4 is 27.7 Å². The van der Waals surface area contributed by atoms with Crippen LogP contribution in [0.3, 0.4) is 0 Å². The Morgan fingerprint density at radius 2 is 0.913 bits per heavy atom. The maximum Gasteiger partial charge on any atom is 1.00 e. The minimum Gasteiger partial charge on any atom is -0.418 e. The molecule has 0 radical (unpaired) electrons. The SMILES string of the molecule is CNC(=O)C1CC1.F[B-](F)(F)F.F[B-](F)(F)F.F[B-](F)(F)F.[K+]. The van der Waals surface area contributed by atoms with Crippen molar-refractivity contribution in [2.45, 2.75) is 12.8 Å². The van der Waals surface area contributed by atoms with Gasteiger partial charge in [-0.3, -0.25) is 4.79 Å². The number of rotatable bonds is 1. The number of carbonyl (C=O) groups is 1. The molecule has 1 fully saturated rings. The number of nitrogens with one attached hydrogen (secondary N) is 1. The molecule has 0 unspecified atom stereocenters. The molecule has 1 amide bonds. The van der Waals surface area contributed by atoms with Crippen molar-refractivity contribution in [2.24, 2.45) is 5.92 Å². The molecule has 23 heavy (non-hydrogen) atoms. The molecule has 18 heteroatoms. The molecule has 0 aromatic carbocycles. The summed E-state index contributed by atoms with van der Waals surface area (Å²) in [5.41, 5.74) is 0. The van der Waals surface area contributed by atoms with Crippen molar-refractivity contribution in [1.82, 2.24) is 5.32 Å². The Labute approximate surface area is 165 Å². The molecule has 2 nitrogen and oxygen atoms in total. The molecule has 1 N–H and O–H groups in total. The van der Waals surface area contributed by atoms with E-state index >= 15 is 0 Å². The average Bonchev–Trinajstić information content (AvgIpc) is 2.90. The summed E-state index contributed by atoms with van der Waals surface area (Å²) >= 11 is 0. The van der Waals surface area contributed by atoms with E-state index in [1.54, 1.807) is 7.05 Å². The van der Waals surface area contributed by atoms with E-state index in [9.17, 15) is 56.6 Å². The summed E-state index contributed by atoms with van der Waals surface area (Å²) < 4.78 is 117. The van der Waals surface area contributed by atoms with Crippen LogP contribution in [0.2, 0.25) is 0 Å². The molecule has 0 heterocycles. The minimum atomic E-state index is -6.00. The van der Waals surface area contributed by atoms with Crippen LogP contribution in [-0.2, 0) is 4.79 Å². The van der Waals surface area contributed by atoms with Gasteiger partial charge < -0.3 is 57.1 Å². The average molecular weight is 399 g/mol. The molecule has 0 aromatic rings. The van der Waals surface area contributed by atoms with Crippen LogP contribution in [0.1, 0.15) is 12.8 Å². The summed E-state index contributed by atoms with van der Waals surface area (Å²) in [5, 5.41) is 2.59. The first-order chi connectivity index (χ1) is 9.34. The van der Waals surface area contributed by atoms with Crippen molar-refractivity contribution in [1.29, 1.82) is 0 Å². The smallest absolute Gasteiger partial charge is 0.418 e. The van der Waals surface area contributed by atoms with Crippen LogP contribution in [-0.4, -0.2) is 34.7 Å². The normalized spacial score (nSPS) is 13.6. The van der Waals surface area contributed by atoms with Gasteiger partial charge in [0.25, 0.3) is 0 Å². The van der Waals surface area contributed by atoms with Crippen molar-refractivity contribution in [2.75, 3.05) is 7.05 Å². The summed E-state index contributed by atoms with van der Waals surface area (Å²) in [6, 6.07) is 0. The first-order valence-electron chi connectivity index (χ1n) is 5.18. The van der Waals surface area contributed by atoms with Crippen LogP contribution < -0.4 is 56.7 Å². The Morgan fingerprint density at radius 1 is 0.739 bits per heavy atom. The van der Waals surface area contributed by atoms with E-state index < -0.39 is 21.8 Å². The second-order valence-corrected chi connectivity index (χ2v) is 3.37. The molecule has 0 aromatic heterocycles. The standard InChI is InChI=1S/C5H9NO.3BF4.K/c1-6-5(7)4-2-3-4;3*2-1(3,4)5;/h4H,2-3H2,1H3,(H,6,7);;;;/q;3*-1;+1. The van der Waals surface area contributed by atoms with E-state index in [1.165, 1.54) is 0 Å². The second-order valence-electron chi connectivity index (χ2n) is 3.37. The van der Waals surface area contributed by atoms with Gasteiger partial charge in [-0.25, -0.2) is 0 Å². The summed E-state index contributed by atoms with van der Waals surface area (Å²) in [5.74, 6) is 0.574. The minimum absolute atomic E-state index is 0. The maximum atomic E-state index is 10.5. The molecular formula is C5H9B3F12KNO-2. The second kappa shape index (κ2) is 13.7. The van der Waals surface area contributed by atoms with E-state index in [4.69, 9.17) is 0 Å². The van der Waals surface area contributed by atoms with Gasteiger partial charge in [0.2, 0.25) is 5.91 Å². The van der Waals surface area contributed by atoms with Crippen molar-refractivity contribution in [3.8, 4) is 0 Å². The number of amides is 1. The molecule has 136 valence electrons. The van der Waals surface area contributed by atoms with Gasteiger partial charge in [0.15, 0.2) is 0 Å². The molecular weight excluding hydrogens is 390 g/mol. The number of halogens is 12. The van der Waals surface area contributed by atoms with Crippen molar-refractivity contribution < 1.29 is 108 Å².